The number of carboxylic acids is 1. The van der Waals surface area contributed by atoms with Gasteiger partial charge in [-0.15, -0.1) is 0 Å². The third kappa shape index (κ3) is 4.90. The number of nitrogens with one attached hydrogen (secondary N) is 1. The van der Waals surface area contributed by atoms with Crippen molar-refractivity contribution in [3.63, 3.8) is 0 Å². The molecule has 0 spiro atoms. The van der Waals surface area contributed by atoms with Crippen LogP contribution in [-0.2, 0) is 0 Å². The fourth-order valence-electron chi connectivity index (χ4n) is 3.96. The number of hydrogen-bond donors (Lipinski definition) is 2. The topological polar surface area (TPSA) is 109 Å². The first-order valence-corrected chi connectivity index (χ1v) is 9.71. The van der Waals surface area contributed by atoms with E-state index in [4.69, 9.17) is 0 Å². The number of pyridine rings is 1. The Hall–Kier alpha value is -2.66. The number of carboxylic acid groups (broad SMARTS) is 1. The van der Waals surface area contributed by atoms with Gasteiger partial charge in [0.1, 0.15) is 17.6 Å². The average molecular weight is 434 g/mol. The molecule has 8 nitrogen and oxygen atoms in total. The summed E-state index contributed by atoms with van der Waals surface area (Å²) in [5, 5.41) is 23.8. The zero-order valence-corrected chi connectivity index (χ0v) is 16.0. The second-order valence-corrected chi connectivity index (χ2v) is 7.69. The van der Waals surface area contributed by atoms with Crippen molar-refractivity contribution >= 4 is 23.3 Å². The smallest absolute Gasteiger partial charge is 0.391 e. The lowest BCUT2D eigenvalue weighted by molar-refractivity contribution is -0.384. The maximum absolute atomic E-state index is 13.5. The summed E-state index contributed by atoms with van der Waals surface area (Å²) >= 11 is 0. The number of aromatic carboxylic acids is 1. The van der Waals surface area contributed by atoms with Gasteiger partial charge in [-0.2, -0.15) is 13.2 Å². The molecule has 0 bridgehead atoms. The van der Waals surface area contributed by atoms with Gasteiger partial charge < -0.3 is 15.3 Å². The van der Waals surface area contributed by atoms with Crippen molar-refractivity contribution in [1.82, 2.24) is 4.98 Å². The first-order valence-electron chi connectivity index (χ1n) is 9.71. The van der Waals surface area contributed by atoms with E-state index in [0.717, 1.165) is 6.07 Å². The third-order valence-electron chi connectivity index (χ3n) is 5.66. The molecule has 0 unspecified atom stereocenters. The second-order valence-electron chi connectivity index (χ2n) is 7.69. The molecule has 1 aliphatic heterocycles. The van der Waals surface area contributed by atoms with Crippen LogP contribution in [0.2, 0.25) is 0 Å². The second kappa shape index (κ2) is 8.60. The van der Waals surface area contributed by atoms with Crippen molar-refractivity contribution < 1.29 is 32.4 Å². The van der Waals surface area contributed by atoms with E-state index in [1.165, 1.54) is 0 Å². The molecule has 1 aromatic heterocycles. The number of aromatic nitrogens is 1. The molecule has 12 heteroatoms. The number of rotatable bonds is 5. The lowest BCUT2D eigenvalue weighted by Crippen LogP contribution is -2.36. The average Bonchev–Trinajstić information content (AvgIpc) is 2.67. The molecule has 1 aromatic rings. The van der Waals surface area contributed by atoms with E-state index < -0.39 is 40.9 Å². The Labute approximate surface area is 169 Å². The third-order valence-corrected chi connectivity index (χ3v) is 5.66. The normalized spacial score (nSPS) is 23.3. The highest BCUT2D eigenvalue weighted by atomic mass is 19.4. The van der Waals surface area contributed by atoms with Crippen molar-refractivity contribution in [3.05, 3.63) is 21.7 Å². The molecule has 0 atom stereocenters. The molecule has 2 aliphatic rings. The standard InChI is InChI=1S/C18H22F4N4O4/c19-11-5-7-25(8-6-11)16-13(17(27)28)9-14(26(29)30)15(24-16)23-12-3-1-10(2-4-12)18(20,21)22/h9-12H,1-8H2,(H,23,24)(H,27,28). The highest BCUT2D eigenvalue weighted by molar-refractivity contribution is 5.95. The van der Waals surface area contributed by atoms with Crippen molar-refractivity contribution in [3.8, 4) is 0 Å². The van der Waals surface area contributed by atoms with E-state index in [2.05, 4.69) is 10.3 Å². The van der Waals surface area contributed by atoms with Crippen LogP contribution in [0.5, 0.6) is 0 Å². The molecule has 3 rings (SSSR count). The largest absolute Gasteiger partial charge is 0.478 e. The van der Waals surface area contributed by atoms with Crippen LogP contribution in [0.4, 0.5) is 34.9 Å². The first kappa shape index (κ1) is 22.0. The number of alkyl halides is 4. The molecule has 1 saturated heterocycles. The Bertz CT molecular complexity index is 804. The Kier molecular flexibility index (Phi) is 6.32. The molecular weight excluding hydrogens is 412 g/mol. The lowest BCUT2D eigenvalue weighted by Gasteiger charge is -2.32. The van der Waals surface area contributed by atoms with Gasteiger partial charge in [0.15, 0.2) is 0 Å². The van der Waals surface area contributed by atoms with Gasteiger partial charge in [0, 0.05) is 25.2 Å². The summed E-state index contributed by atoms with van der Waals surface area (Å²) < 4.78 is 52.0. The summed E-state index contributed by atoms with van der Waals surface area (Å²) in [5.41, 5.74) is -0.931. The Morgan fingerprint density at radius 3 is 2.30 bits per heavy atom. The van der Waals surface area contributed by atoms with Gasteiger partial charge >= 0.3 is 17.8 Å². The molecule has 2 N–H and O–H groups in total. The predicted molar refractivity (Wildman–Crippen MR) is 99.6 cm³/mol. The van der Waals surface area contributed by atoms with E-state index >= 15 is 0 Å². The molecule has 0 radical (unpaired) electrons. The molecule has 2 heterocycles. The molecule has 0 aromatic carbocycles. The summed E-state index contributed by atoms with van der Waals surface area (Å²) in [6.45, 7) is 0.421. The van der Waals surface area contributed by atoms with E-state index in [0.29, 0.717) is 0 Å². The zero-order chi connectivity index (χ0) is 22.1. The van der Waals surface area contributed by atoms with Crippen LogP contribution in [0.15, 0.2) is 6.07 Å². The Balaban J connectivity index is 1.86. The van der Waals surface area contributed by atoms with Crippen LogP contribution in [0, 0.1) is 16.0 Å². The van der Waals surface area contributed by atoms with Gasteiger partial charge in [-0.1, -0.05) is 0 Å². The molecule has 30 heavy (non-hydrogen) atoms. The number of nitrogens with zero attached hydrogens (tertiary/aromatic N) is 3. The minimum absolute atomic E-state index is 0.00789. The summed E-state index contributed by atoms with van der Waals surface area (Å²) in [5.74, 6) is -2.99. The predicted octanol–water partition coefficient (Wildman–Crippen LogP) is 4.16. The van der Waals surface area contributed by atoms with Gasteiger partial charge in [-0.3, -0.25) is 10.1 Å². The van der Waals surface area contributed by atoms with Gasteiger partial charge in [0.25, 0.3) is 0 Å². The van der Waals surface area contributed by atoms with Gasteiger partial charge in [0.05, 0.1) is 10.8 Å². The van der Waals surface area contributed by atoms with Crippen molar-refractivity contribution in [2.45, 2.75) is 56.9 Å². The fraction of sp³-hybridized carbons (Fsp3) is 0.667. The van der Waals surface area contributed by atoms with Crippen LogP contribution in [0.25, 0.3) is 0 Å². The molecule has 166 valence electrons. The Morgan fingerprint density at radius 2 is 1.80 bits per heavy atom. The van der Waals surface area contributed by atoms with Gasteiger partial charge in [-0.05, 0) is 38.5 Å². The number of nitro groups is 1. The molecule has 1 saturated carbocycles. The minimum atomic E-state index is -4.27. The van der Waals surface area contributed by atoms with Gasteiger partial charge in [-0.25, -0.2) is 14.2 Å². The van der Waals surface area contributed by atoms with Gasteiger partial charge in [0.2, 0.25) is 5.82 Å². The molecule has 0 amide bonds. The molecule has 1 aliphatic carbocycles. The number of carbonyl (C=O) groups is 1. The van der Waals surface area contributed by atoms with E-state index in [-0.39, 0.29) is 68.8 Å². The van der Waals surface area contributed by atoms with E-state index in [1.807, 2.05) is 0 Å². The highest BCUT2D eigenvalue weighted by Gasteiger charge is 2.41. The Morgan fingerprint density at radius 1 is 1.20 bits per heavy atom. The lowest BCUT2D eigenvalue weighted by atomic mass is 9.85. The molecule has 2 fully saturated rings. The maximum Gasteiger partial charge on any atom is 0.391 e. The number of hydrogen-bond acceptors (Lipinski definition) is 6. The minimum Gasteiger partial charge on any atom is -0.478 e. The monoisotopic (exact) mass is 434 g/mol. The number of piperidine rings is 1. The van der Waals surface area contributed by atoms with Crippen LogP contribution in [0.1, 0.15) is 48.9 Å². The first-order chi connectivity index (χ1) is 14.1. The van der Waals surface area contributed by atoms with Crippen molar-refractivity contribution in [2.24, 2.45) is 5.92 Å². The quantitative estimate of drug-likeness (QED) is 0.407. The van der Waals surface area contributed by atoms with E-state index in [1.54, 1.807) is 4.90 Å². The number of halogens is 4. The summed E-state index contributed by atoms with van der Waals surface area (Å²) in [6, 6.07) is 0.450. The van der Waals surface area contributed by atoms with Crippen LogP contribution >= 0.6 is 0 Å². The van der Waals surface area contributed by atoms with Crippen molar-refractivity contribution in [1.29, 1.82) is 0 Å². The summed E-state index contributed by atoms with van der Waals surface area (Å²) in [7, 11) is 0. The summed E-state index contributed by atoms with van der Waals surface area (Å²) in [6.07, 6.45) is -4.79. The van der Waals surface area contributed by atoms with Crippen molar-refractivity contribution in [2.75, 3.05) is 23.3 Å². The van der Waals surface area contributed by atoms with Crippen LogP contribution in [0.3, 0.4) is 0 Å². The highest BCUT2D eigenvalue weighted by Crippen LogP contribution is 2.39. The zero-order valence-electron chi connectivity index (χ0n) is 16.0. The van der Waals surface area contributed by atoms with Crippen LogP contribution in [-0.4, -0.2) is 52.5 Å². The summed E-state index contributed by atoms with van der Waals surface area (Å²) in [4.78, 5) is 28.1. The fourth-order valence-corrected chi connectivity index (χ4v) is 3.96. The van der Waals surface area contributed by atoms with E-state index in [9.17, 15) is 37.6 Å². The van der Waals surface area contributed by atoms with Crippen LogP contribution < -0.4 is 10.2 Å². The maximum atomic E-state index is 13.5. The SMILES string of the molecule is O=C(O)c1cc([N+](=O)[O-])c(NC2CCC(C(F)(F)F)CC2)nc1N1CCC(F)CC1. The molecular formula is C18H22F4N4O4. The number of anilines is 2.